The highest BCUT2D eigenvalue weighted by molar-refractivity contribution is 5.64. The van der Waals surface area contributed by atoms with E-state index in [2.05, 4.69) is 13.0 Å². The highest BCUT2D eigenvalue weighted by atomic mass is 19.1. The molecular weight excluding hydrogens is 277 g/mol. The molecule has 2 aromatic carbocycles. The molecule has 0 amide bonds. The van der Waals surface area contributed by atoms with Crippen LogP contribution in [0.3, 0.4) is 0 Å². The smallest absolute Gasteiger partial charge is 0.134 e. The summed E-state index contributed by atoms with van der Waals surface area (Å²) in [5.74, 6) is 0.677. The predicted molar refractivity (Wildman–Crippen MR) is 86.5 cm³/mol. The molecule has 3 heteroatoms. The third kappa shape index (κ3) is 4.60. The Labute approximate surface area is 131 Å². The summed E-state index contributed by atoms with van der Waals surface area (Å²) in [7, 11) is 0. The summed E-state index contributed by atoms with van der Waals surface area (Å²) in [5, 5.41) is 8.80. The highest BCUT2D eigenvalue weighted by Gasteiger charge is 2.07. The van der Waals surface area contributed by atoms with Gasteiger partial charge in [0.15, 0.2) is 0 Å². The van der Waals surface area contributed by atoms with Gasteiger partial charge in [-0.15, -0.1) is 0 Å². The Morgan fingerprint density at radius 3 is 2.18 bits per heavy atom. The number of halogens is 1. The zero-order chi connectivity index (χ0) is 15.8. The summed E-state index contributed by atoms with van der Waals surface area (Å²) in [4.78, 5) is 0. The summed E-state index contributed by atoms with van der Waals surface area (Å²) in [6.07, 6.45) is 1.54. The third-order valence-electron chi connectivity index (χ3n) is 3.50. The molecule has 0 aliphatic rings. The van der Waals surface area contributed by atoms with Crippen LogP contribution < -0.4 is 4.74 Å². The molecule has 22 heavy (non-hydrogen) atoms. The maximum Gasteiger partial charge on any atom is 0.134 e. The quantitative estimate of drug-likeness (QED) is 0.709. The van der Waals surface area contributed by atoms with E-state index >= 15 is 0 Å². The lowest BCUT2D eigenvalue weighted by Crippen LogP contribution is -2.12. The first-order valence-corrected chi connectivity index (χ1v) is 7.60. The molecule has 0 aliphatic carbocycles. The van der Waals surface area contributed by atoms with Gasteiger partial charge in [-0.25, -0.2) is 4.39 Å². The number of hydrogen-bond acceptors (Lipinski definition) is 2. The Morgan fingerprint density at radius 1 is 1.05 bits per heavy atom. The number of nitriles is 1. The zero-order valence-corrected chi connectivity index (χ0v) is 12.8. The van der Waals surface area contributed by atoms with Gasteiger partial charge in [-0.3, -0.25) is 0 Å². The lowest BCUT2D eigenvalue weighted by molar-refractivity contribution is 0.184. The summed E-state index contributed by atoms with van der Waals surface area (Å²) in [6.45, 7) is 2.16. The number of rotatable bonds is 7. The average Bonchev–Trinajstić information content (AvgIpc) is 2.58. The maximum absolute atomic E-state index is 13.5. The molecule has 1 unspecified atom stereocenters. The van der Waals surface area contributed by atoms with Crippen molar-refractivity contribution >= 4 is 0 Å². The lowest BCUT2D eigenvalue weighted by atomic mass is 10.0. The molecule has 0 radical (unpaired) electrons. The summed E-state index contributed by atoms with van der Waals surface area (Å²) in [5.41, 5.74) is 2.72. The van der Waals surface area contributed by atoms with Crippen LogP contribution in [-0.4, -0.2) is 12.8 Å². The minimum atomic E-state index is -0.904. The van der Waals surface area contributed by atoms with Crippen LogP contribution in [0.25, 0.3) is 11.1 Å². The Balaban J connectivity index is 1.93. The van der Waals surface area contributed by atoms with Crippen molar-refractivity contribution in [3.05, 3.63) is 54.1 Å². The van der Waals surface area contributed by atoms with Crippen molar-refractivity contribution in [3.8, 4) is 22.9 Å². The van der Waals surface area contributed by atoms with Gasteiger partial charge >= 0.3 is 0 Å². The van der Waals surface area contributed by atoms with Crippen molar-refractivity contribution in [1.29, 1.82) is 5.26 Å². The monoisotopic (exact) mass is 297 g/mol. The number of ether oxygens (including phenoxy) is 1. The van der Waals surface area contributed by atoms with Gasteiger partial charge in [0.05, 0.1) is 11.6 Å². The number of benzene rings is 2. The number of alkyl halides is 1. The van der Waals surface area contributed by atoms with E-state index in [-0.39, 0.29) is 6.61 Å². The van der Waals surface area contributed by atoms with Crippen LogP contribution in [0.4, 0.5) is 4.39 Å². The fraction of sp³-hybridized carbons (Fsp3) is 0.316. The van der Waals surface area contributed by atoms with Gasteiger partial charge in [0, 0.05) is 0 Å². The van der Waals surface area contributed by atoms with E-state index < -0.39 is 6.17 Å². The van der Waals surface area contributed by atoms with Crippen molar-refractivity contribution in [1.82, 2.24) is 0 Å². The van der Waals surface area contributed by atoms with E-state index in [1.165, 1.54) is 0 Å². The fourth-order valence-electron chi connectivity index (χ4n) is 2.18. The summed E-state index contributed by atoms with van der Waals surface area (Å²) in [6, 6.07) is 17.1. The van der Waals surface area contributed by atoms with Gasteiger partial charge in [0.25, 0.3) is 0 Å². The Morgan fingerprint density at radius 2 is 1.64 bits per heavy atom. The van der Waals surface area contributed by atoms with Crippen LogP contribution in [0.1, 0.15) is 31.7 Å². The fourth-order valence-corrected chi connectivity index (χ4v) is 2.18. The third-order valence-corrected chi connectivity index (χ3v) is 3.50. The van der Waals surface area contributed by atoms with E-state index in [0.29, 0.717) is 17.7 Å². The van der Waals surface area contributed by atoms with E-state index in [1.807, 2.05) is 36.4 Å². The zero-order valence-electron chi connectivity index (χ0n) is 12.8. The van der Waals surface area contributed by atoms with Crippen molar-refractivity contribution in [2.24, 2.45) is 0 Å². The normalized spacial score (nSPS) is 11.7. The second kappa shape index (κ2) is 8.19. The summed E-state index contributed by atoms with van der Waals surface area (Å²) >= 11 is 0. The van der Waals surface area contributed by atoms with Crippen LogP contribution in [0.5, 0.6) is 5.75 Å². The van der Waals surface area contributed by atoms with E-state index in [9.17, 15) is 4.39 Å². The van der Waals surface area contributed by atoms with Crippen molar-refractivity contribution in [2.75, 3.05) is 6.61 Å². The predicted octanol–water partition coefficient (Wildman–Crippen LogP) is 5.13. The van der Waals surface area contributed by atoms with Crippen LogP contribution >= 0.6 is 0 Å². The van der Waals surface area contributed by atoms with E-state index in [4.69, 9.17) is 10.00 Å². The molecule has 0 saturated heterocycles. The molecule has 0 N–H and O–H groups in total. The van der Waals surface area contributed by atoms with E-state index in [0.717, 1.165) is 24.0 Å². The van der Waals surface area contributed by atoms with E-state index in [1.54, 1.807) is 12.1 Å². The Kier molecular flexibility index (Phi) is 5.97. The largest absolute Gasteiger partial charge is 0.491 e. The van der Waals surface area contributed by atoms with Crippen LogP contribution in [-0.2, 0) is 0 Å². The molecule has 2 rings (SSSR count). The molecule has 1 atom stereocenters. The molecule has 0 fully saturated rings. The standard InChI is InChI=1S/C19H20FNO/c1-2-3-4-18(20)14-22-19-11-9-17(10-12-19)16-7-5-15(13-21)6-8-16/h5-12,18H,2-4,14H2,1H3. The van der Waals surface area contributed by atoms with Crippen molar-refractivity contribution < 1.29 is 9.13 Å². The topological polar surface area (TPSA) is 33.0 Å². The minimum Gasteiger partial charge on any atom is -0.491 e. The first-order chi connectivity index (χ1) is 10.7. The van der Waals surface area contributed by atoms with Gasteiger partial charge < -0.3 is 4.74 Å². The molecule has 0 aliphatic heterocycles. The Bertz CT molecular complexity index is 613. The summed E-state index contributed by atoms with van der Waals surface area (Å²) < 4.78 is 19.0. The second-order valence-corrected chi connectivity index (χ2v) is 5.26. The molecule has 2 nitrogen and oxygen atoms in total. The molecule has 0 aromatic heterocycles. The highest BCUT2D eigenvalue weighted by Crippen LogP contribution is 2.23. The van der Waals surface area contributed by atoms with Gasteiger partial charge in [-0.2, -0.15) is 5.26 Å². The minimum absolute atomic E-state index is 0.107. The van der Waals surface area contributed by atoms with Crippen LogP contribution in [0.2, 0.25) is 0 Å². The molecular formula is C19H20FNO. The van der Waals surface area contributed by atoms with Gasteiger partial charge in [0.1, 0.15) is 18.5 Å². The first kappa shape index (κ1) is 16.0. The molecule has 0 heterocycles. The lowest BCUT2D eigenvalue weighted by Gasteiger charge is -2.10. The molecule has 0 spiro atoms. The van der Waals surface area contributed by atoms with Gasteiger partial charge in [-0.05, 0) is 41.8 Å². The molecule has 2 aromatic rings. The SMILES string of the molecule is CCCCC(F)COc1ccc(-c2ccc(C#N)cc2)cc1. The first-order valence-electron chi connectivity index (χ1n) is 7.60. The number of unbranched alkanes of at least 4 members (excludes halogenated alkanes) is 1. The maximum atomic E-state index is 13.5. The van der Waals surface area contributed by atoms with Crippen LogP contribution in [0, 0.1) is 11.3 Å². The molecule has 0 bridgehead atoms. The second-order valence-electron chi connectivity index (χ2n) is 5.26. The van der Waals surface area contributed by atoms with Gasteiger partial charge in [0.2, 0.25) is 0 Å². The van der Waals surface area contributed by atoms with Gasteiger partial charge in [-0.1, -0.05) is 44.0 Å². The molecule has 114 valence electrons. The molecule has 0 saturated carbocycles. The average molecular weight is 297 g/mol. The number of hydrogen-bond donors (Lipinski definition) is 0. The number of nitrogens with zero attached hydrogens (tertiary/aromatic N) is 1. The van der Waals surface area contributed by atoms with Crippen LogP contribution in [0.15, 0.2) is 48.5 Å². The van der Waals surface area contributed by atoms with Crippen molar-refractivity contribution in [2.45, 2.75) is 32.4 Å². The Hall–Kier alpha value is -2.34. The van der Waals surface area contributed by atoms with Crippen molar-refractivity contribution in [3.63, 3.8) is 0 Å².